The van der Waals surface area contributed by atoms with Crippen LogP contribution in [0.4, 0.5) is 10.1 Å². The Morgan fingerprint density at radius 1 is 1.07 bits per heavy atom. The first-order chi connectivity index (χ1) is 19.7. The van der Waals surface area contributed by atoms with Gasteiger partial charge in [-0.2, -0.15) is 4.31 Å². The summed E-state index contributed by atoms with van der Waals surface area (Å²) in [6.45, 7) is 3.21. The Balaban J connectivity index is 1.68. The van der Waals surface area contributed by atoms with Gasteiger partial charge in [0.25, 0.3) is 15.9 Å². The topological polar surface area (TPSA) is 133 Å². The lowest BCUT2D eigenvalue weighted by atomic mass is 9.99. The number of aliphatic hydroxyl groups excluding tert-OH is 1. The van der Waals surface area contributed by atoms with Gasteiger partial charge in [-0.15, -0.1) is 0 Å². The lowest BCUT2D eigenvalue weighted by molar-refractivity contribution is 0.0387. The van der Waals surface area contributed by atoms with Crippen LogP contribution >= 0.6 is 11.6 Å². The molecular weight excluding hydrogens is 609 g/mol. The van der Waals surface area contributed by atoms with Crippen LogP contribution in [0.3, 0.4) is 0 Å². The third-order valence-electron chi connectivity index (χ3n) is 7.00. The van der Waals surface area contributed by atoms with E-state index in [0.717, 1.165) is 28.6 Å². The SMILES string of the molecule is C[C@@H]1CN([C@@H](C)CO)C(=O)c2cc(NS(=O)(=O)c3ccc(F)cc3)ccc2O[C@H]1CN(C)S(=O)(=O)c1ccc(Cl)cc1. The number of anilines is 1. The second-order valence-electron chi connectivity index (χ2n) is 10.1. The number of ether oxygens (including phenoxy) is 1. The molecule has 226 valence electrons. The van der Waals surface area contributed by atoms with Crippen LogP contribution in [0.5, 0.6) is 5.75 Å². The molecule has 0 spiro atoms. The molecule has 0 saturated carbocycles. The number of halogens is 2. The fraction of sp³-hybridized carbons (Fsp3) is 0.321. The predicted octanol–water partition coefficient (Wildman–Crippen LogP) is 3.82. The van der Waals surface area contributed by atoms with Crippen LogP contribution in [-0.2, 0) is 20.0 Å². The zero-order valence-corrected chi connectivity index (χ0v) is 25.5. The quantitative estimate of drug-likeness (QED) is 0.364. The molecular formula is C28H31ClFN3O7S2. The maximum absolute atomic E-state index is 13.7. The molecule has 3 aromatic carbocycles. The van der Waals surface area contributed by atoms with E-state index in [1.165, 1.54) is 54.4 Å². The van der Waals surface area contributed by atoms with Crippen molar-refractivity contribution in [3.8, 4) is 5.75 Å². The first-order valence-corrected chi connectivity index (χ1v) is 16.3. The Hall–Kier alpha value is -3.23. The molecule has 3 atom stereocenters. The molecule has 14 heteroatoms. The summed E-state index contributed by atoms with van der Waals surface area (Å²) < 4.78 is 75.4. The minimum atomic E-state index is -4.11. The van der Waals surface area contributed by atoms with E-state index in [2.05, 4.69) is 4.72 Å². The number of fused-ring (bicyclic) bond motifs is 1. The van der Waals surface area contributed by atoms with Gasteiger partial charge in [-0.3, -0.25) is 9.52 Å². The smallest absolute Gasteiger partial charge is 0.261 e. The van der Waals surface area contributed by atoms with Crippen molar-refractivity contribution >= 4 is 43.2 Å². The maximum Gasteiger partial charge on any atom is 0.261 e. The molecule has 1 amide bonds. The number of carbonyl (C=O) groups is 1. The summed E-state index contributed by atoms with van der Waals surface area (Å²) >= 11 is 5.91. The van der Waals surface area contributed by atoms with Gasteiger partial charge in [0.2, 0.25) is 10.0 Å². The molecule has 1 aliphatic heterocycles. The third-order valence-corrected chi connectivity index (χ3v) is 10.5. The molecule has 0 aliphatic carbocycles. The molecule has 42 heavy (non-hydrogen) atoms. The van der Waals surface area contributed by atoms with Gasteiger partial charge >= 0.3 is 0 Å². The Labute approximate surface area is 249 Å². The highest BCUT2D eigenvalue weighted by Gasteiger charge is 2.35. The Kier molecular flexibility index (Phi) is 9.48. The lowest BCUT2D eigenvalue weighted by Gasteiger charge is -2.38. The van der Waals surface area contributed by atoms with E-state index in [1.807, 2.05) is 6.92 Å². The van der Waals surface area contributed by atoms with Crippen molar-refractivity contribution in [1.82, 2.24) is 9.21 Å². The number of carbonyl (C=O) groups excluding carboxylic acids is 1. The third kappa shape index (κ3) is 6.87. The Morgan fingerprint density at radius 3 is 2.31 bits per heavy atom. The molecule has 1 aliphatic rings. The molecule has 4 rings (SSSR count). The molecule has 2 N–H and O–H groups in total. The van der Waals surface area contributed by atoms with E-state index in [-0.39, 0.29) is 52.4 Å². The van der Waals surface area contributed by atoms with Crippen molar-refractivity contribution in [2.75, 3.05) is 31.5 Å². The van der Waals surface area contributed by atoms with E-state index in [9.17, 15) is 31.1 Å². The van der Waals surface area contributed by atoms with E-state index in [4.69, 9.17) is 16.3 Å². The van der Waals surface area contributed by atoms with Gasteiger partial charge in [-0.05, 0) is 73.7 Å². The number of nitrogens with one attached hydrogen (secondary N) is 1. The van der Waals surface area contributed by atoms with Crippen molar-refractivity contribution in [1.29, 1.82) is 0 Å². The van der Waals surface area contributed by atoms with Crippen LogP contribution < -0.4 is 9.46 Å². The minimum absolute atomic E-state index is 0.0229. The van der Waals surface area contributed by atoms with Crippen LogP contribution in [-0.4, -0.2) is 75.9 Å². The van der Waals surface area contributed by atoms with Crippen LogP contribution in [0.25, 0.3) is 0 Å². The average molecular weight is 640 g/mol. The zero-order valence-electron chi connectivity index (χ0n) is 23.1. The van der Waals surface area contributed by atoms with Gasteiger partial charge in [-0.25, -0.2) is 21.2 Å². The van der Waals surface area contributed by atoms with Gasteiger partial charge in [-0.1, -0.05) is 18.5 Å². The van der Waals surface area contributed by atoms with Crippen LogP contribution in [0.15, 0.2) is 76.5 Å². The van der Waals surface area contributed by atoms with Gasteiger partial charge in [0.1, 0.15) is 17.7 Å². The van der Waals surface area contributed by atoms with Gasteiger partial charge < -0.3 is 14.7 Å². The summed E-state index contributed by atoms with van der Waals surface area (Å²) in [5.41, 5.74) is 0.0777. The Bertz CT molecular complexity index is 1650. The number of aliphatic hydroxyl groups is 1. The maximum atomic E-state index is 13.7. The monoisotopic (exact) mass is 639 g/mol. The molecule has 1 heterocycles. The molecule has 3 aromatic rings. The number of rotatable bonds is 9. The molecule has 0 radical (unpaired) electrons. The predicted molar refractivity (Wildman–Crippen MR) is 156 cm³/mol. The van der Waals surface area contributed by atoms with Crippen LogP contribution in [0.1, 0.15) is 24.2 Å². The first kappa shape index (κ1) is 31.7. The number of nitrogens with zero attached hydrogens (tertiary/aromatic N) is 2. The van der Waals surface area contributed by atoms with Crippen molar-refractivity contribution in [2.45, 2.75) is 35.8 Å². The summed E-state index contributed by atoms with van der Waals surface area (Å²) in [4.78, 5) is 15.0. The van der Waals surface area contributed by atoms with Crippen LogP contribution in [0.2, 0.25) is 5.02 Å². The van der Waals surface area contributed by atoms with Crippen molar-refractivity contribution in [2.24, 2.45) is 5.92 Å². The van der Waals surface area contributed by atoms with Gasteiger partial charge in [0.15, 0.2) is 0 Å². The molecule has 10 nitrogen and oxygen atoms in total. The standard InChI is InChI=1S/C28H31ClFN3O7S2/c1-18-15-33(19(2)17-34)28(35)25-14-22(31-41(36,37)23-11-6-21(30)7-12-23)8-13-26(25)40-27(18)16-32(3)42(38,39)24-9-4-20(29)5-10-24/h4-14,18-19,27,31,34H,15-17H2,1-3H3/t18-,19+,27+/m1/s1. The summed E-state index contributed by atoms with van der Waals surface area (Å²) in [7, 11) is -6.59. The highest BCUT2D eigenvalue weighted by molar-refractivity contribution is 7.92. The second-order valence-corrected chi connectivity index (χ2v) is 14.3. The van der Waals surface area contributed by atoms with Crippen LogP contribution in [0, 0.1) is 11.7 Å². The fourth-order valence-electron chi connectivity index (χ4n) is 4.47. The number of hydrogen-bond donors (Lipinski definition) is 2. The number of amides is 1. The highest BCUT2D eigenvalue weighted by Crippen LogP contribution is 2.32. The molecule has 0 unspecified atom stereocenters. The van der Waals surface area contributed by atoms with Crippen molar-refractivity contribution < 1.29 is 35.9 Å². The highest BCUT2D eigenvalue weighted by atomic mass is 35.5. The van der Waals surface area contributed by atoms with E-state index in [0.29, 0.717) is 5.02 Å². The largest absolute Gasteiger partial charge is 0.488 e. The van der Waals surface area contributed by atoms with E-state index in [1.54, 1.807) is 6.92 Å². The summed E-state index contributed by atoms with van der Waals surface area (Å²) in [5, 5.41) is 10.3. The number of hydrogen-bond acceptors (Lipinski definition) is 7. The summed E-state index contributed by atoms with van der Waals surface area (Å²) in [6.07, 6.45) is -0.723. The Morgan fingerprint density at radius 2 is 1.69 bits per heavy atom. The minimum Gasteiger partial charge on any atom is -0.488 e. The van der Waals surface area contributed by atoms with E-state index >= 15 is 0 Å². The normalized spacial score (nSPS) is 18.5. The summed E-state index contributed by atoms with van der Waals surface area (Å²) in [6, 6.07) is 13.6. The van der Waals surface area contributed by atoms with Crippen molar-refractivity contribution in [3.05, 3.63) is 83.1 Å². The molecule has 0 bridgehead atoms. The molecule has 0 saturated heterocycles. The first-order valence-electron chi connectivity index (χ1n) is 13.0. The van der Waals surface area contributed by atoms with E-state index < -0.39 is 43.9 Å². The average Bonchev–Trinajstić information content (AvgIpc) is 2.95. The zero-order chi connectivity index (χ0) is 30.8. The second kappa shape index (κ2) is 12.6. The fourth-order valence-corrected chi connectivity index (χ4v) is 6.83. The van der Waals surface area contributed by atoms with Crippen molar-refractivity contribution in [3.63, 3.8) is 0 Å². The van der Waals surface area contributed by atoms with Gasteiger partial charge in [0, 0.05) is 30.2 Å². The number of likely N-dealkylation sites (N-methyl/N-ethyl adjacent to an activating group) is 1. The number of sulfonamides is 2. The van der Waals surface area contributed by atoms with Gasteiger partial charge in [0.05, 0.1) is 34.5 Å². The molecule has 0 fully saturated rings. The summed E-state index contributed by atoms with van der Waals surface area (Å²) in [5.74, 6) is -1.34. The lowest BCUT2D eigenvalue weighted by Crippen LogP contribution is -2.50. The number of benzene rings is 3. The molecule has 0 aromatic heterocycles.